The van der Waals surface area contributed by atoms with Crippen molar-refractivity contribution in [3.63, 3.8) is 0 Å². The van der Waals surface area contributed by atoms with Crippen LogP contribution in [0.3, 0.4) is 0 Å². The number of hydrogen-bond acceptors (Lipinski definition) is 4. The van der Waals surface area contributed by atoms with E-state index < -0.39 is 0 Å². The highest BCUT2D eigenvalue weighted by atomic mass is 32.1. The van der Waals surface area contributed by atoms with Crippen LogP contribution in [-0.2, 0) is 13.0 Å². The van der Waals surface area contributed by atoms with E-state index in [4.69, 9.17) is 4.42 Å². The summed E-state index contributed by atoms with van der Waals surface area (Å²) in [4.78, 5) is 19.2. The van der Waals surface area contributed by atoms with Gasteiger partial charge < -0.3 is 9.73 Å². The lowest BCUT2D eigenvalue weighted by molar-refractivity contribution is 0.0951. The fourth-order valence-corrected chi connectivity index (χ4v) is 4.28. The zero-order valence-electron chi connectivity index (χ0n) is 17.1. The van der Waals surface area contributed by atoms with Crippen molar-refractivity contribution in [2.45, 2.75) is 33.2 Å². The second kappa shape index (κ2) is 9.09. The van der Waals surface area contributed by atoms with E-state index in [1.165, 1.54) is 4.88 Å². The van der Waals surface area contributed by atoms with Crippen molar-refractivity contribution in [3.05, 3.63) is 93.2 Å². The molecule has 0 aliphatic rings. The van der Waals surface area contributed by atoms with Crippen LogP contribution >= 0.6 is 11.3 Å². The first-order valence-corrected chi connectivity index (χ1v) is 10.9. The molecule has 0 unspecified atom stereocenters. The van der Waals surface area contributed by atoms with Crippen molar-refractivity contribution in [3.8, 4) is 0 Å². The second-order valence-electron chi connectivity index (χ2n) is 7.21. The largest absolute Gasteiger partial charge is 0.461 e. The standard InChI is InChI=1S/C25H24N2O2S/c1-3-4-7-24-17(2)13-20(29-24)15-21-9-10-22(30-21)16-27-25(28)19-8-11-23-18(14-19)6-5-12-26-23/h4-14H,3,15-16H2,1-2H3,(H,27,28)/b7-4-. The molecule has 1 amide bonds. The molecule has 0 aliphatic heterocycles. The molecule has 3 aromatic heterocycles. The van der Waals surface area contributed by atoms with Gasteiger partial charge in [-0.05, 0) is 67.4 Å². The Hall–Kier alpha value is -3.18. The Labute approximate surface area is 180 Å². The van der Waals surface area contributed by atoms with Crippen molar-refractivity contribution in [1.29, 1.82) is 0 Å². The summed E-state index contributed by atoms with van der Waals surface area (Å²) < 4.78 is 5.97. The number of rotatable bonds is 7. The van der Waals surface area contributed by atoms with Crippen LogP contribution in [0, 0.1) is 6.92 Å². The van der Waals surface area contributed by atoms with Gasteiger partial charge in [0.1, 0.15) is 11.5 Å². The van der Waals surface area contributed by atoms with Crippen molar-refractivity contribution < 1.29 is 9.21 Å². The first-order chi connectivity index (χ1) is 14.6. The lowest BCUT2D eigenvalue weighted by atomic mass is 10.1. The summed E-state index contributed by atoms with van der Waals surface area (Å²) >= 11 is 1.70. The van der Waals surface area contributed by atoms with Crippen LogP contribution in [0.25, 0.3) is 17.0 Å². The third-order valence-corrected chi connectivity index (χ3v) is 5.95. The van der Waals surface area contributed by atoms with Crippen LogP contribution in [0.15, 0.2) is 65.2 Å². The van der Waals surface area contributed by atoms with Gasteiger partial charge in [0.05, 0.1) is 12.1 Å². The van der Waals surface area contributed by atoms with Crippen LogP contribution in [0.4, 0.5) is 0 Å². The third kappa shape index (κ3) is 4.69. The number of nitrogens with one attached hydrogen (secondary N) is 1. The number of amides is 1. The van der Waals surface area contributed by atoms with E-state index in [2.05, 4.69) is 48.4 Å². The van der Waals surface area contributed by atoms with E-state index >= 15 is 0 Å². The molecule has 152 valence electrons. The molecule has 1 N–H and O–H groups in total. The smallest absolute Gasteiger partial charge is 0.251 e. The maximum Gasteiger partial charge on any atom is 0.251 e. The average molecular weight is 417 g/mol. The zero-order valence-corrected chi connectivity index (χ0v) is 18.0. The first kappa shape index (κ1) is 20.1. The number of aryl methyl sites for hydroxylation is 1. The molecular weight excluding hydrogens is 392 g/mol. The van der Waals surface area contributed by atoms with Gasteiger partial charge in [-0.15, -0.1) is 11.3 Å². The monoisotopic (exact) mass is 416 g/mol. The molecule has 5 heteroatoms. The fraction of sp³-hybridized carbons (Fsp3) is 0.200. The van der Waals surface area contributed by atoms with E-state index in [0.29, 0.717) is 12.1 Å². The number of fused-ring (bicyclic) bond motifs is 1. The third-order valence-electron chi connectivity index (χ3n) is 4.87. The molecule has 0 aliphatic carbocycles. The summed E-state index contributed by atoms with van der Waals surface area (Å²) in [5, 5.41) is 3.98. The van der Waals surface area contributed by atoms with Crippen molar-refractivity contribution in [1.82, 2.24) is 10.3 Å². The average Bonchev–Trinajstić information content (AvgIpc) is 3.36. The van der Waals surface area contributed by atoms with E-state index in [1.807, 2.05) is 36.4 Å². The van der Waals surface area contributed by atoms with Crippen LogP contribution in [0.1, 0.15) is 50.5 Å². The Morgan fingerprint density at radius 1 is 1.17 bits per heavy atom. The van der Waals surface area contributed by atoms with Gasteiger partial charge in [0.2, 0.25) is 0 Å². The highest BCUT2D eigenvalue weighted by molar-refractivity contribution is 7.12. The quantitative estimate of drug-likeness (QED) is 0.394. The fourth-order valence-electron chi connectivity index (χ4n) is 3.31. The molecule has 0 spiro atoms. The number of hydrogen-bond donors (Lipinski definition) is 1. The highest BCUT2D eigenvalue weighted by Gasteiger charge is 2.10. The number of allylic oxidation sites excluding steroid dienone is 1. The molecule has 30 heavy (non-hydrogen) atoms. The minimum absolute atomic E-state index is 0.0790. The van der Waals surface area contributed by atoms with Crippen LogP contribution in [-0.4, -0.2) is 10.9 Å². The predicted molar refractivity (Wildman–Crippen MR) is 123 cm³/mol. The number of carbonyl (C=O) groups excluding carboxylic acids is 1. The number of aromatic nitrogens is 1. The maximum atomic E-state index is 12.5. The minimum atomic E-state index is -0.0790. The van der Waals surface area contributed by atoms with Crippen LogP contribution < -0.4 is 5.32 Å². The summed E-state index contributed by atoms with van der Waals surface area (Å²) in [6.07, 6.45) is 7.65. The number of pyridine rings is 1. The van der Waals surface area contributed by atoms with E-state index in [0.717, 1.165) is 45.7 Å². The van der Waals surface area contributed by atoms with Crippen molar-refractivity contribution in [2.24, 2.45) is 0 Å². The molecule has 0 bridgehead atoms. The topological polar surface area (TPSA) is 55.1 Å². The summed E-state index contributed by atoms with van der Waals surface area (Å²) in [7, 11) is 0. The zero-order chi connectivity index (χ0) is 20.9. The lowest BCUT2D eigenvalue weighted by Crippen LogP contribution is -2.22. The highest BCUT2D eigenvalue weighted by Crippen LogP contribution is 2.24. The Morgan fingerprint density at radius 3 is 2.90 bits per heavy atom. The van der Waals surface area contributed by atoms with E-state index in [1.54, 1.807) is 17.5 Å². The molecule has 0 saturated carbocycles. The van der Waals surface area contributed by atoms with Gasteiger partial charge in [-0.2, -0.15) is 0 Å². The molecule has 4 aromatic rings. The van der Waals surface area contributed by atoms with Gasteiger partial charge >= 0.3 is 0 Å². The second-order valence-corrected chi connectivity index (χ2v) is 8.46. The van der Waals surface area contributed by atoms with Crippen LogP contribution in [0.5, 0.6) is 0 Å². The number of carbonyl (C=O) groups is 1. The number of benzene rings is 1. The molecule has 0 fully saturated rings. The van der Waals surface area contributed by atoms with Gasteiger partial charge in [-0.25, -0.2) is 0 Å². The van der Waals surface area contributed by atoms with Gasteiger partial charge in [0.15, 0.2) is 0 Å². The van der Waals surface area contributed by atoms with Crippen molar-refractivity contribution in [2.75, 3.05) is 0 Å². The Bertz CT molecular complexity index is 1200. The Balaban J connectivity index is 1.37. The van der Waals surface area contributed by atoms with E-state index in [-0.39, 0.29) is 5.91 Å². The molecule has 4 rings (SSSR count). The molecular formula is C25H24N2O2S. The van der Waals surface area contributed by atoms with Crippen molar-refractivity contribution >= 4 is 34.2 Å². The van der Waals surface area contributed by atoms with Gasteiger partial charge in [0, 0.05) is 33.3 Å². The summed E-state index contributed by atoms with van der Waals surface area (Å²) in [6.45, 7) is 4.69. The molecule has 0 saturated heterocycles. The Morgan fingerprint density at radius 2 is 2.03 bits per heavy atom. The predicted octanol–water partition coefficient (Wildman–Crippen LogP) is 6.14. The number of furan rings is 1. The summed E-state index contributed by atoms with van der Waals surface area (Å²) in [5.74, 6) is 1.82. The molecule has 0 radical (unpaired) electrons. The number of thiophene rings is 1. The van der Waals surface area contributed by atoms with Gasteiger partial charge in [-0.3, -0.25) is 9.78 Å². The first-order valence-electron chi connectivity index (χ1n) is 10.1. The van der Waals surface area contributed by atoms with E-state index in [9.17, 15) is 4.79 Å². The van der Waals surface area contributed by atoms with Gasteiger partial charge in [0.25, 0.3) is 5.91 Å². The lowest BCUT2D eigenvalue weighted by Gasteiger charge is -2.05. The minimum Gasteiger partial charge on any atom is -0.461 e. The SMILES string of the molecule is CC/C=C\c1oc(Cc2ccc(CNC(=O)c3ccc4ncccc4c3)s2)cc1C. The van der Waals surface area contributed by atoms with Gasteiger partial charge in [-0.1, -0.05) is 19.1 Å². The number of nitrogens with zero attached hydrogens (tertiary/aromatic N) is 1. The summed E-state index contributed by atoms with van der Waals surface area (Å²) in [6, 6.07) is 15.7. The molecule has 4 nitrogen and oxygen atoms in total. The summed E-state index contributed by atoms with van der Waals surface area (Å²) in [5.41, 5.74) is 2.69. The maximum absolute atomic E-state index is 12.5. The molecule has 3 heterocycles. The molecule has 0 atom stereocenters. The Kier molecular flexibility index (Phi) is 6.10. The molecule has 1 aromatic carbocycles. The normalized spacial score (nSPS) is 11.4. The van der Waals surface area contributed by atoms with Crippen LogP contribution in [0.2, 0.25) is 0 Å².